The summed E-state index contributed by atoms with van der Waals surface area (Å²) >= 11 is 5.84. The van der Waals surface area contributed by atoms with Crippen molar-refractivity contribution in [3.8, 4) is 5.75 Å². The highest BCUT2D eigenvalue weighted by atomic mass is 35.5. The molecule has 0 aliphatic heterocycles. The summed E-state index contributed by atoms with van der Waals surface area (Å²) in [6, 6.07) is 7.20. The van der Waals surface area contributed by atoms with Gasteiger partial charge in [-0.15, -0.1) is 0 Å². The number of sulfone groups is 1. The largest absolute Gasteiger partial charge is 0.489 e. The molecule has 9 heteroatoms. The van der Waals surface area contributed by atoms with Crippen molar-refractivity contribution in [2.75, 3.05) is 45.4 Å². The zero-order chi connectivity index (χ0) is 18.7. The van der Waals surface area contributed by atoms with Crippen molar-refractivity contribution in [3.05, 3.63) is 29.3 Å². The van der Waals surface area contributed by atoms with Crippen molar-refractivity contribution >= 4 is 27.4 Å². The molecule has 0 aromatic heterocycles. The molecular weight excluding hydrogens is 366 g/mol. The van der Waals surface area contributed by atoms with E-state index < -0.39 is 9.84 Å². The number of nitrogens with zero attached hydrogens (tertiary/aromatic N) is 1. The highest BCUT2D eigenvalue weighted by molar-refractivity contribution is 7.90. The molecule has 25 heavy (non-hydrogen) atoms. The van der Waals surface area contributed by atoms with E-state index in [0.717, 1.165) is 5.75 Å². The van der Waals surface area contributed by atoms with Gasteiger partial charge in [-0.3, -0.25) is 4.99 Å². The summed E-state index contributed by atoms with van der Waals surface area (Å²) in [5, 5.41) is 6.91. The maximum Gasteiger partial charge on any atom is 0.191 e. The van der Waals surface area contributed by atoms with Crippen molar-refractivity contribution < 1.29 is 17.9 Å². The van der Waals surface area contributed by atoms with E-state index in [1.165, 1.54) is 6.26 Å². The third-order valence-electron chi connectivity index (χ3n) is 3.07. The highest BCUT2D eigenvalue weighted by Gasteiger charge is 2.06. The smallest absolute Gasteiger partial charge is 0.191 e. The summed E-state index contributed by atoms with van der Waals surface area (Å²) in [7, 11) is -1.31. The molecule has 0 radical (unpaired) electrons. The van der Waals surface area contributed by atoms with Crippen LogP contribution in [0, 0.1) is 0 Å². The molecule has 1 aromatic carbocycles. The van der Waals surface area contributed by atoms with Crippen LogP contribution in [0.3, 0.4) is 0 Å². The lowest BCUT2D eigenvalue weighted by Gasteiger charge is -2.17. The van der Waals surface area contributed by atoms with E-state index >= 15 is 0 Å². The summed E-state index contributed by atoms with van der Waals surface area (Å²) in [6.07, 6.45) is 1.12. The monoisotopic (exact) mass is 391 g/mol. The molecule has 0 aliphatic carbocycles. The van der Waals surface area contributed by atoms with Crippen molar-refractivity contribution in [2.24, 2.45) is 4.99 Å². The van der Waals surface area contributed by atoms with E-state index in [0.29, 0.717) is 30.7 Å². The molecule has 0 saturated heterocycles. The number of hydrogen-bond donors (Lipinski definition) is 2. The van der Waals surface area contributed by atoms with Gasteiger partial charge in [0.1, 0.15) is 21.7 Å². The first kappa shape index (κ1) is 21.5. The number of nitrogens with one attached hydrogen (secondary N) is 2. The second kappa shape index (κ2) is 11.2. The third-order valence-corrected chi connectivity index (χ3v) is 4.23. The lowest BCUT2D eigenvalue weighted by atomic mass is 10.3. The Hall–Kier alpha value is -1.51. The molecule has 1 rings (SSSR count). The van der Waals surface area contributed by atoms with Crippen LogP contribution < -0.4 is 15.4 Å². The fraction of sp³-hybridized carbons (Fsp3) is 0.562. The zero-order valence-electron chi connectivity index (χ0n) is 14.8. The highest BCUT2D eigenvalue weighted by Crippen LogP contribution is 2.16. The topological polar surface area (TPSA) is 89.0 Å². The summed E-state index contributed by atoms with van der Waals surface area (Å²) in [6.45, 7) is 3.63. The number of hydrogen-bond acceptors (Lipinski definition) is 5. The first-order chi connectivity index (χ1) is 11.8. The molecule has 0 fully saturated rings. The van der Waals surface area contributed by atoms with Crippen LogP contribution >= 0.6 is 11.6 Å². The molecule has 7 nitrogen and oxygen atoms in total. The van der Waals surface area contributed by atoms with Gasteiger partial charge in [-0.25, -0.2) is 8.42 Å². The quantitative estimate of drug-likeness (QED) is 0.355. The maximum atomic E-state index is 11.0. The normalized spacial score (nSPS) is 13.4. The Bertz CT molecular complexity index is 635. The van der Waals surface area contributed by atoms with Crippen LogP contribution in [0.2, 0.25) is 5.02 Å². The van der Waals surface area contributed by atoms with Crippen LogP contribution in [0.25, 0.3) is 0 Å². The molecule has 0 spiro atoms. The van der Waals surface area contributed by atoms with Crippen molar-refractivity contribution in [3.63, 3.8) is 0 Å². The fourth-order valence-corrected chi connectivity index (χ4v) is 2.35. The number of rotatable bonds is 10. The van der Waals surface area contributed by atoms with Crippen molar-refractivity contribution in [1.82, 2.24) is 10.6 Å². The molecule has 142 valence electrons. The van der Waals surface area contributed by atoms with Crippen LogP contribution in [-0.4, -0.2) is 65.8 Å². The first-order valence-corrected chi connectivity index (χ1v) is 10.4. The summed E-state index contributed by atoms with van der Waals surface area (Å²) in [5.41, 5.74) is 0. The second-order valence-electron chi connectivity index (χ2n) is 5.50. The lowest BCUT2D eigenvalue weighted by Crippen LogP contribution is -2.42. The molecule has 2 N–H and O–H groups in total. The van der Waals surface area contributed by atoms with Gasteiger partial charge >= 0.3 is 0 Å². The minimum Gasteiger partial charge on any atom is -0.489 e. The fourth-order valence-electron chi connectivity index (χ4n) is 1.80. The molecule has 1 aromatic rings. The Balaban J connectivity index is 2.19. The van der Waals surface area contributed by atoms with Crippen molar-refractivity contribution in [2.45, 2.75) is 13.0 Å². The van der Waals surface area contributed by atoms with Crippen LogP contribution in [0.1, 0.15) is 6.92 Å². The average Bonchev–Trinajstić information content (AvgIpc) is 2.54. The maximum absolute atomic E-state index is 11.0. The van der Waals surface area contributed by atoms with E-state index in [2.05, 4.69) is 15.6 Å². The molecule has 1 atom stereocenters. The van der Waals surface area contributed by atoms with Gasteiger partial charge in [-0.05, 0) is 31.2 Å². The second-order valence-corrected chi connectivity index (χ2v) is 8.20. The minimum atomic E-state index is -2.98. The van der Waals surface area contributed by atoms with Gasteiger partial charge in [-0.1, -0.05) is 11.6 Å². The summed E-state index contributed by atoms with van der Waals surface area (Å²) < 4.78 is 33.0. The van der Waals surface area contributed by atoms with E-state index in [9.17, 15) is 8.42 Å². The van der Waals surface area contributed by atoms with Crippen molar-refractivity contribution in [1.29, 1.82) is 0 Å². The van der Waals surface area contributed by atoms with Gasteiger partial charge in [-0.2, -0.15) is 0 Å². The van der Waals surface area contributed by atoms with Crippen LogP contribution in [-0.2, 0) is 14.6 Å². The number of ether oxygens (including phenoxy) is 2. The zero-order valence-corrected chi connectivity index (χ0v) is 16.4. The van der Waals surface area contributed by atoms with Gasteiger partial charge < -0.3 is 20.1 Å². The predicted octanol–water partition coefficient (Wildman–Crippen LogP) is 1.33. The Morgan fingerprint density at radius 1 is 1.24 bits per heavy atom. The van der Waals surface area contributed by atoms with Gasteiger partial charge in [0.05, 0.1) is 25.5 Å². The van der Waals surface area contributed by atoms with Crippen LogP contribution in [0.5, 0.6) is 5.75 Å². The summed E-state index contributed by atoms with van der Waals surface area (Å²) in [4.78, 5) is 4.11. The minimum absolute atomic E-state index is 0.0273. The SMILES string of the molecule is CN=C(NCCOCCS(C)(=O)=O)NCC(C)Oc1ccc(Cl)cc1. The summed E-state index contributed by atoms with van der Waals surface area (Å²) in [5.74, 6) is 1.40. The molecular formula is C16H26ClN3O4S. The van der Waals surface area contributed by atoms with E-state index in [1.807, 2.05) is 19.1 Å². The number of benzene rings is 1. The van der Waals surface area contributed by atoms with Crippen LogP contribution in [0.4, 0.5) is 0 Å². The standard InChI is InChI=1S/C16H26ClN3O4S/c1-13(24-15-6-4-14(17)5-7-15)12-20-16(18-2)19-8-9-23-10-11-25(3,21)22/h4-7,13H,8-12H2,1-3H3,(H2,18,19,20). The molecule has 0 amide bonds. The van der Waals surface area contributed by atoms with Gasteiger partial charge in [0.2, 0.25) is 0 Å². The van der Waals surface area contributed by atoms with Gasteiger partial charge in [0.25, 0.3) is 0 Å². The Morgan fingerprint density at radius 2 is 1.92 bits per heavy atom. The van der Waals surface area contributed by atoms with E-state index in [1.54, 1.807) is 19.2 Å². The number of guanidine groups is 1. The number of aliphatic imine (C=N–C) groups is 1. The van der Waals surface area contributed by atoms with Gasteiger partial charge in [0.15, 0.2) is 5.96 Å². The Labute approximate surface area is 154 Å². The Kier molecular flexibility index (Phi) is 9.62. The molecule has 1 unspecified atom stereocenters. The molecule has 0 bridgehead atoms. The molecule has 0 aliphatic rings. The predicted molar refractivity (Wildman–Crippen MR) is 101 cm³/mol. The van der Waals surface area contributed by atoms with E-state index in [-0.39, 0.29) is 18.5 Å². The molecule has 0 heterocycles. The number of halogens is 1. The average molecular weight is 392 g/mol. The Morgan fingerprint density at radius 3 is 2.52 bits per heavy atom. The lowest BCUT2D eigenvalue weighted by molar-refractivity contribution is 0.154. The van der Waals surface area contributed by atoms with Gasteiger partial charge in [0, 0.05) is 24.9 Å². The molecule has 0 saturated carbocycles. The third kappa shape index (κ3) is 10.9. The van der Waals surface area contributed by atoms with E-state index in [4.69, 9.17) is 21.1 Å². The first-order valence-electron chi connectivity index (χ1n) is 7.92. The van der Waals surface area contributed by atoms with Crippen LogP contribution in [0.15, 0.2) is 29.3 Å².